The zero-order chi connectivity index (χ0) is 22.9. The number of hydrogen-bond acceptors (Lipinski definition) is 9. The molecule has 1 aromatic heterocycles. The summed E-state index contributed by atoms with van der Waals surface area (Å²) in [4.78, 5) is 8.18. The number of nitrogens with zero attached hydrogens (tertiary/aromatic N) is 2. The van der Waals surface area contributed by atoms with Gasteiger partial charge in [0.25, 0.3) is 10.0 Å². The maximum absolute atomic E-state index is 13.2. The van der Waals surface area contributed by atoms with Gasteiger partial charge in [0, 0.05) is 0 Å². The molecule has 4 rings (SSSR count). The van der Waals surface area contributed by atoms with Gasteiger partial charge in [-0.2, -0.15) is 0 Å². The van der Waals surface area contributed by atoms with Crippen LogP contribution in [0.5, 0.6) is 17.2 Å². The molecule has 1 unspecified atom stereocenters. The largest absolute Gasteiger partial charge is 0.496 e. The standard InChI is InChI=1S/C21H21N3O7S/c1-28-15-5-4-6-16(29-2)20(15)32(26,27)24-21-18-13(9-22-21)7-12(8-17(18)30-3)19(25)14-10-31-11-23-14/h4-8,10-11,19,25H,9H2,1-3H3,(H,22,24). The molecule has 10 nitrogen and oxygen atoms in total. The maximum Gasteiger partial charge on any atom is 0.270 e. The van der Waals surface area contributed by atoms with Crippen LogP contribution in [-0.2, 0) is 16.6 Å². The summed E-state index contributed by atoms with van der Waals surface area (Å²) in [6, 6.07) is 8.02. The molecule has 0 fully saturated rings. The van der Waals surface area contributed by atoms with Crippen molar-refractivity contribution in [2.24, 2.45) is 4.99 Å². The Balaban J connectivity index is 1.71. The second-order valence-electron chi connectivity index (χ2n) is 6.84. The van der Waals surface area contributed by atoms with Crippen LogP contribution in [0.1, 0.15) is 28.5 Å². The molecule has 2 aromatic carbocycles. The SMILES string of the molecule is COc1cc(C(O)c2cocn2)cc2c1C(NS(=O)(=O)c1c(OC)cccc1OC)=NC2. The van der Waals surface area contributed by atoms with E-state index in [1.165, 1.54) is 46.1 Å². The van der Waals surface area contributed by atoms with E-state index in [0.29, 0.717) is 28.1 Å². The summed E-state index contributed by atoms with van der Waals surface area (Å²) < 4.78 is 49.9. The highest BCUT2D eigenvalue weighted by Crippen LogP contribution is 2.36. The fourth-order valence-electron chi connectivity index (χ4n) is 3.52. The zero-order valence-corrected chi connectivity index (χ0v) is 18.3. The highest BCUT2D eigenvalue weighted by atomic mass is 32.2. The van der Waals surface area contributed by atoms with E-state index in [0.717, 1.165) is 0 Å². The molecule has 2 N–H and O–H groups in total. The molecular weight excluding hydrogens is 438 g/mol. The third-order valence-corrected chi connectivity index (χ3v) is 6.40. The van der Waals surface area contributed by atoms with Gasteiger partial charge < -0.3 is 23.7 Å². The highest BCUT2D eigenvalue weighted by molar-refractivity contribution is 7.90. The van der Waals surface area contributed by atoms with Gasteiger partial charge >= 0.3 is 0 Å². The molecule has 2 heterocycles. The fraction of sp³-hybridized carbons (Fsp3) is 0.238. The summed E-state index contributed by atoms with van der Waals surface area (Å²) >= 11 is 0. The van der Waals surface area contributed by atoms with Crippen LogP contribution in [0.3, 0.4) is 0 Å². The molecule has 1 atom stereocenters. The first-order valence-corrected chi connectivity index (χ1v) is 10.9. The lowest BCUT2D eigenvalue weighted by molar-refractivity contribution is 0.214. The monoisotopic (exact) mass is 459 g/mol. The van der Waals surface area contributed by atoms with E-state index in [1.54, 1.807) is 18.2 Å². The van der Waals surface area contributed by atoms with Crippen LogP contribution in [0.15, 0.2) is 57.3 Å². The average molecular weight is 459 g/mol. The second-order valence-corrected chi connectivity index (χ2v) is 8.45. The number of ether oxygens (including phenoxy) is 3. The number of oxazole rings is 1. The van der Waals surface area contributed by atoms with Crippen LogP contribution >= 0.6 is 0 Å². The molecule has 0 spiro atoms. The van der Waals surface area contributed by atoms with Gasteiger partial charge in [-0.15, -0.1) is 0 Å². The first kappa shape index (κ1) is 21.7. The number of aromatic nitrogens is 1. The first-order valence-electron chi connectivity index (χ1n) is 9.45. The normalized spacial score (nSPS) is 13.8. The number of aliphatic hydroxyl groups is 1. The summed E-state index contributed by atoms with van der Waals surface area (Å²) in [6.07, 6.45) is 1.54. The van der Waals surface area contributed by atoms with E-state index < -0.39 is 16.1 Å². The minimum absolute atomic E-state index is 0.118. The fourth-order valence-corrected chi connectivity index (χ4v) is 4.88. The lowest BCUT2D eigenvalue weighted by Crippen LogP contribution is -2.31. The second kappa shape index (κ2) is 8.52. The predicted molar refractivity (Wildman–Crippen MR) is 114 cm³/mol. The van der Waals surface area contributed by atoms with Crippen LogP contribution in [0.4, 0.5) is 0 Å². The Bertz CT molecular complexity index is 1250. The summed E-state index contributed by atoms with van der Waals surface area (Å²) in [6.45, 7) is 0.200. The van der Waals surface area contributed by atoms with Crippen molar-refractivity contribution >= 4 is 15.9 Å². The number of rotatable bonds is 7. The molecular formula is C21H21N3O7S. The Labute approximate surface area is 184 Å². The van der Waals surface area contributed by atoms with Crippen molar-refractivity contribution in [2.75, 3.05) is 21.3 Å². The number of methoxy groups -OCH3 is 3. The molecule has 1 aliphatic rings. The molecule has 0 bridgehead atoms. The number of hydrogen-bond donors (Lipinski definition) is 2. The maximum atomic E-state index is 13.2. The lowest BCUT2D eigenvalue weighted by Gasteiger charge is -2.17. The van der Waals surface area contributed by atoms with E-state index in [2.05, 4.69) is 14.7 Å². The quantitative estimate of drug-likeness (QED) is 0.548. The number of aliphatic imine (C=N–C) groups is 1. The van der Waals surface area contributed by atoms with Crippen LogP contribution in [-0.4, -0.2) is 45.7 Å². The Morgan fingerprint density at radius 1 is 1.09 bits per heavy atom. The molecule has 168 valence electrons. The highest BCUT2D eigenvalue weighted by Gasteiger charge is 2.31. The van der Waals surface area contributed by atoms with Crippen molar-refractivity contribution in [1.82, 2.24) is 9.71 Å². The number of fused-ring (bicyclic) bond motifs is 1. The van der Waals surface area contributed by atoms with Gasteiger partial charge in [-0.3, -0.25) is 9.71 Å². The third-order valence-electron chi connectivity index (χ3n) is 5.00. The number of benzene rings is 2. The van der Waals surface area contributed by atoms with E-state index in [1.807, 2.05) is 0 Å². The van der Waals surface area contributed by atoms with Crippen molar-refractivity contribution in [3.63, 3.8) is 0 Å². The van der Waals surface area contributed by atoms with E-state index in [9.17, 15) is 13.5 Å². The van der Waals surface area contributed by atoms with Crippen molar-refractivity contribution in [1.29, 1.82) is 0 Å². The molecule has 11 heteroatoms. The molecule has 0 saturated carbocycles. The van der Waals surface area contributed by atoms with E-state index >= 15 is 0 Å². The number of aliphatic hydroxyl groups excluding tert-OH is 1. The van der Waals surface area contributed by atoms with Crippen molar-refractivity contribution in [3.8, 4) is 17.2 Å². The first-order chi connectivity index (χ1) is 15.4. The smallest absolute Gasteiger partial charge is 0.270 e. The molecule has 0 amide bonds. The summed E-state index contributed by atoms with van der Waals surface area (Å²) in [5, 5.41) is 10.6. The topological polar surface area (TPSA) is 132 Å². The Morgan fingerprint density at radius 3 is 2.38 bits per heavy atom. The summed E-state index contributed by atoms with van der Waals surface area (Å²) in [5.74, 6) is 0.737. The van der Waals surface area contributed by atoms with Crippen molar-refractivity contribution in [3.05, 3.63) is 65.4 Å². The predicted octanol–water partition coefficient (Wildman–Crippen LogP) is 2.02. The van der Waals surface area contributed by atoms with Gasteiger partial charge in [0.1, 0.15) is 41.1 Å². The Hall–Kier alpha value is -3.57. The molecule has 1 aliphatic heterocycles. The van der Waals surface area contributed by atoms with Crippen LogP contribution in [0.25, 0.3) is 0 Å². The lowest BCUT2D eigenvalue weighted by atomic mass is 9.99. The number of amidine groups is 1. The zero-order valence-electron chi connectivity index (χ0n) is 17.5. The number of nitrogens with one attached hydrogen (secondary N) is 1. The minimum Gasteiger partial charge on any atom is -0.496 e. The van der Waals surface area contributed by atoms with Gasteiger partial charge in [-0.05, 0) is 35.4 Å². The van der Waals surface area contributed by atoms with E-state index in [-0.39, 0.29) is 28.8 Å². The van der Waals surface area contributed by atoms with Gasteiger partial charge in [0.2, 0.25) is 0 Å². The Kier molecular flexibility index (Phi) is 5.76. The van der Waals surface area contributed by atoms with Crippen LogP contribution < -0.4 is 18.9 Å². The molecule has 32 heavy (non-hydrogen) atoms. The molecule has 0 saturated heterocycles. The molecule has 3 aromatic rings. The summed E-state index contributed by atoms with van der Waals surface area (Å²) in [7, 11) is 0.0888. The average Bonchev–Trinajstić information content (AvgIpc) is 3.47. The Morgan fingerprint density at radius 2 is 1.78 bits per heavy atom. The van der Waals surface area contributed by atoms with Crippen molar-refractivity contribution < 1.29 is 32.2 Å². The molecule has 0 aliphatic carbocycles. The van der Waals surface area contributed by atoms with Gasteiger partial charge in [-0.25, -0.2) is 13.4 Å². The van der Waals surface area contributed by atoms with Crippen molar-refractivity contribution in [2.45, 2.75) is 17.5 Å². The number of sulfonamides is 1. The van der Waals surface area contributed by atoms with Crippen LogP contribution in [0.2, 0.25) is 0 Å². The van der Waals surface area contributed by atoms with Gasteiger partial charge in [-0.1, -0.05) is 6.07 Å². The summed E-state index contributed by atoms with van der Waals surface area (Å²) in [5.41, 5.74) is 2.03. The minimum atomic E-state index is -4.12. The third kappa shape index (κ3) is 3.76. The molecule has 0 radical (unpaired) electrons. The van der Waals surface area contributed by atoms with E-state index in [4.69, 9.17) is 18.6 Å². The van der Waals surface area contributed by atoms with Gasteiger partial charge in [0.15, 0.2) is 11.3 Å². The van der Waals surface area contributed by atoms with Gasteiger partial charge in [0.05, 0.1) is 33.4 Å². The van der Waals surface area contributed by atoms with Crippen LogP contribution in [0, 0.1) is 0 Å².